The minimum atomic E-state index is -0.179. The quantitative estimate of drug-likeness (QED) is 0.528. The van der Waals surface area contributed by atoms with Gasteiger partial charge in [0.25, 0.3) is 0 Å². The van der Waals surface area contributed by atoms with E-state index < -0.39 is 0 Å². The number of aromatic nitrogens is 2. The number of hydrogen-bond acceptors (Lipinski definition) is 4. The monoisotopic (exact) mass is 424 g/mol. The molecule has 0 saturated heterocycles. The number of H-pyrrole nitrogens is 1. The van der Waals surface area contributed by atoms with Gasteiger partial charge in [0.15, 0.2) is 0 Å². The molecular formula is C23H28N4O2S. The highest BCUT2D eigenvalue weighted by Gasteiger charge is 2.19. The van der Waals surface area contributed by atoms with Crippen LogP contribution in [-0.2, 0) is 9.59 Å². The van der Waals surface area contributed by atoms with Gasteiger partial charge in [-0.1, -0.05) is 37.3 Å². The summed E-state index contributed by atoms with van der Waals surface area (Å²) in [6.07, 6.45) is 0.799. The molecule has 2 aromatic carbocycles. The van der Waals surface area contributed by atoms with Crippen molar-refractivity contribution < 1.29 is 9.59 Å². The van der Waals surface area contributed by atoms with Crippen LogP contribution in [-0.4, -0.2) is 45.5 Å². The Morgan fingerprint density at radius 2 is 1.90 bits per heavy atom. The van der Waals surface area contributed by atoms with Gasteiger partial charge >= 0.3 is 0 Å². The lowest BCUT2D eigenvalue weighted by atomic mass is 10.2. The summed E-state index contributed by atoms with van der Waals surface area (Å²) in [5.74, 6) is 0.940. The molecule has 0 aliphatic carbocycles. The van der Waals surface area contributed by atoms with Crippen LogP contribution in [0.1, 0.15) is 36.9 Å². The van der Waals surface area contributed by atoms with Crippen LogP contribution in [0.25, 0.3) is 11.0 Å². The fourth-order valence-corrected chi connectivity index (χ4v) is 4.01. The summed E-state index contributed by atoms with van der Waals surface area (Å²) >= 11 is 1.52. The minimum absolute atomic E-state index is 0.0373. The molecule has 2 N–H and O–H groups in total. The van der Waals surface area contributed by atoms with E-state index in [1.165, 1.54) is 11.8 Å². The van der Waals surface area contributed by atoms with Crippen molar-refractivity contribution in [2.75, 3.05) is 24.2 Å². The number of imidazole rings is 1. The number of nitrogens with one attached hydrogen (secondary N) is 2. The number of hydrogen-bond donors (Lipinski definition) is 2. The average molecular weight is 425 g/mol. The molecule has 3 aromatic rings. The van der Waals surface area contributed by atoms with Gasteiger partial charge in [-0.3, -0.25) is 9.59 Å². The second-order valence-corrected chi connectivity index (χ2v) is 8.60. The van der Waals surface area contributed by atoms with Crippen LogP contribution in [0.15, 0.2) is 48.5 Å². The topological polar surface area (TPSA) is 78.1 Å². The van der Waals surface area contributed by atoms with Gasteiger partial charge in [-0.15, -0.1) is 11.8 Å². The predicted molar refractivity (Wildman–Crippen MR) is 124 cm³/mol. The second kappa shape index (κ2) is 10.3. The van der Waals surface area contributed by atoms with E-state index in [0.717, 1.165) is 34.5 Å². The Morgan fingerprint density at radius 1 is 1.17 bits per heavy atom. The van der Waals surface area contributed by atoms with Crippen molar-refractivity contribution in [2.24, 2.45) is 0 Å². The van der Waals surface area contributed by atoms with Crippen molar-refractivity contribution in [2.45, 2.75) is 32.4 Å². The molecule has 1 heterocycles. The lowest BCUT2D eigenvalue weighted by molar-refractivity contribution is -0.132. The zero-order valence-electron chi connectivity index (χ0n) is 17.6. The summed E-state index contributed by atoms with van der Waals surface area (Å²) in [5, 5.41) is 2.95. The summed E-state index contributed by atoms with van der Waals surface area (Å²) in [6.45, 7) is 6.59. The normalized spacial score (nSPS) is 12.0. The molecule has 2 amide bonds. The number of aryl methyl sites for hydroxylation is 1. The first kappa shape index (κ1) is 21.9. The molecule has 0 spiro atoms. The van der Waals surface area contributed by atoms with Crippen molar-refractivity contribution in [1.29, 1.82) is 0 Å². The van der Waals surface area contributed by atoms with Crippen LogP contribution >= 0.6 is 11.8 Å². The Hall–Kier alpha value is -2.80. The third-order valence-corrected chi connectivity index (χ3v) is 5.99. The number of para-hydroxylation sites is 3. The van der Waals surface area contributed by atoms with E-state index in [1.54, 1.807) is 4.90 Å². The maximum absolute atomic E-state index is 12.8. The minimum Gasteiger partial charge on any atom is -0.341 e. The van der Waals surface area contributed by atoms with Gasteiger partial charge in [0, 0.05) is 12.2 Å². The number of rotatable bonds is 9. The lowest BCUT2D eigenvalue weighted by Crippen LogP contribution is -2.39. The molecule has 3 rings (SSSR count). The fourth-order valence-electron chi connectivity index (χ4n) is 3.17. The molecule has 0 radical (unpaired) electrons. The number of aromatic amines is 1. The maximum atomic E-state index is 12.8. The van der Waals surface area contributed by atoms with Gasteiger partial charge < -0.3 is 15.2 Å². The number of amides is 2. The Bertz CT molecular complexity index is 984. The van der Waals surface area contributed by atoms with Gasteiger partial charge in [0.2, 0.25) is 11.8 Å². The molecule has 1 unspecified atom stereocenters. The standard InChI is InChI=1S/C23H28N4O2S/c1-4-13-27(14-21(28)24-18-10-6-5-9-16(18)2)22(29)15-30-17(3)23-25-19-11-7-8-12-20(19)26-23/h5-12,17H,4,13-15H2,1-3H3,(H,24,28)(H,25,26). The van der Waals surface area contributed by atoms with Crippen LogP contribution < -0.4 is 5.32 Å². The van der Waals surface area contributed by atoms with Crippen LogP contribution in [0.3, 0.4) is 0 Å². The van der Waals surface area contributed by atoms with E-state index in [-0.39, 0.29) is 23.6 Å². The SMILES string of the molecule is CCCN(CC(=O)Nc1ccccc1C)C(=O)CSC(C)c1nc2ccccc2[nH]1. The summed E-state index contributed by atoms with van der Waals surface area (Å²) in [6, 6.07) is 15.5. The maximum Gasteiger partial charge on any atom is 0.244 e. The van der Waals surface area contributed by atoms with Gasteiger partial charge in [-0.2, -0.15) is 0 Å². The van der Waals surface area contributed by atoms with E-state index in [2.05, 4.69) is 15.3 Å². The fraction of sp³-hybridized carbons (Fsp3) is 0.348. The number of carbonyl (C=O) groups is 2. The smallest absolute Gasteiger partial charge is 0.244 e. The first-order valence-corrected chi connectivity index (χ1v) is 11.2. The number of carbonyl (C=O) groups excluding carboxylic acids is 2. The Balaban J connectivity index is 1.56. The summed E-state index contributed by atoms with van der Waals surface area (Å²) in [5.41, 5.74) is 3.69. The number of fused-ring (bicyclic) bond motifs is 1. The van der Waals surface area contributed by atoms with Crippen LogP contribution in [0.5, 0.6) is 0 Å². The van der Waals surface area contributed by atoms with Crippen LogP contribution in [0.2, 0.25) is 0 Å². The van der Waals surface area contributed by atoms with E-state index in [4.69, 9.17) is 0 Å². The molecule has 1 atom stereocenters. The first-order valence-electron chi connectivity index (χ1n) is 10.2. The molecule has 1 aromatic heterocycles. The van der Waals surface area contributed by atoms with E-state index in [1.807, 2.05) is 69.3 Å². The van der Waals surface area contributed by atoms with Crippen molar-refractivity contribution in [3.8, 4) is 0 Å². The van der Waals surface area contributed by atoms with Crippen molar-refractivity contribution in [3.05, 3.63) is 59.9 Å². The molecule has 7 heteroatoms. The largest absolute Gasteiger partial charge is 0.341 e. The van der Waals surface area contributed by atoms with Crippen molar-refractivity contribution in [1.82, 2.24) is 14.9 Å². The molecule has 0 fully saturated rings. The number of thioether (sulfide) groups is 1. The van der Waals surface area contributed by atoms with Crippen molar-refractivity contribution >= 4 is 40.3 Å². The molecule has 0 aliphatic rings. The highest BCUT2D eigenvalue weighted by molar-refractivity contribution is 8.00. The number of nitrogens with zero attached hydrogens (tertiary/aromatic N) is 2. The summed E-state index contributed by atoms with van der Waals surface area (Å²) in [7, 11) is 0. The summed E-state index contributed by atoms with van der Waals surface area (Å²) < 4.78 is 0. The zero-order valence-corrected chi connectivity index (χ0v) is 18.5. The van der Waals surface area contributed by atoms with Gasteiger partial charge in [0.05, 0.1) is 28.6 Å². The third kappa shape index (κ3) is 5.63. The van der Waals surface area contributed by atoms with Gasteiger partial charge in [-0.05, 0) is 44.0 Å². The van der Waals surface area contributed by atoms with Crippen LogP contribution in [0.4, 0.5) is 5.69 Å². The van der Waals surface area contributed by atoms with Gasteiger partial charge in [0.1, 0.15) is 5.82 Å². The van der Waals surface area contributed by atoms with E-state index in [0.29, 0.717) is 12.3 Å². The molecule has 0 saturated carbocycles. The molecule has 0 aliphatic heterocycles. The number of benzene rings is 2. The highest BCUT2D eigenvalue weighted by atomic mass is 32.2. The van der Waals surface area contributed by atoms with E-state index in [9.17, 15) is 9.59 Å². The van der Waals surface area contributed by atoms with Crippen LogP contribution in [0, 0.1) is 6.92 Å². The van der Waals surface area contributed by atoms with Crippen molar-refractivity contribution in [3.63, 3.8) is 0 Å². The zero-order chi connectivity index (χ0) is 21.5. The third-order valence-electron chi connectivity index (χ3n) is 4.85. The Morgan fingerprint density at radius 3 is 2.63 bits per heavy atom. The molecule has 0 bridgehead atoms. The van der Waals surface area contributed by atoms with Gasteiger partial charge in [-0.25, -0.2) is 4.98 Å². The Labute approximate surface area is 181 Å². The highest BCUT2D eigenvalue weighted by Crippen LogP contribution is 2.28. The second-order valence-electron chi connectivity index (χ2n) is 7.27. The predicted octanol–water partition coefficient (Wildman–Crippen LogP) is 4.54. The lowest BCUT2D eigenvalue weighted by Gasteiger charge is -2.22. The molecule has 30 heavy (non-hydrogen) atoms. The summed E-state index contributed by atoms with van der Waals surface area (Å²) in [4.78, 5) is 34.8. The molecule has 6 nitrogen and oxygen atoms in total. The molecular weight excluding hydrogens is 396 g/mol. The molecule has 158 valence electrons. The van der Waals surface area contributed by atoms with E-state index >= 15 is 0 Å². The first-order chi connectivity index (χ1) is 14.5. The number of anilines is 1. The Kier molecular flexibility index (Phi) is 7.52. The average Bonchev–Trinajstić information content (AvgIpc) is 3.17.